The van der Waals surface area contributed by atoms with Crippen molar-refractivity contribution in [1.29, 1.82) is 0 Å². The fourth-order valence-electron chi connectivity index (χ4n) is 4.38. The first kappa shape index (κ1) is 20.8. The zero-order valence-corrected chi connectivity index (χ0v) is 17.0. The minimum atomic E-state index is -4.58. The zero-order valence-electron chi connectivity index (χ0n) is 16.2. The number of alkyl halides is 3. The Morgan fingerprint density at radius 3 is 2.67 bits per heavy atom. The molecule has 4 nitrogen and oxygen atoms in total. The Labute approximate surface area is 174 Å². The van der Waals surface area contributed by atoms with Gasteiger partial charge in [-0.15, -0.1) is 0 Å². The quantitative estimate of drug-likeness (QED) is 0.590. The van der Waals surface area contributed by atoms with Gasteiger partial charge >= 0.3 is 12.1 Å². The molecule has 158 valence electrons. The van der Waals surface area contributed by atoms with Crippen molar-refractivity contribution in [3.8, 4) is 0 Å². The molecule has 0 amide bonds. The minimum absolute atomic E-state index is 0.0284. The summed E-state index contributed by atoms with van der Waals surface area (Å²) in [7, 11) is 0. The maximum Gasteiger partial charge on any atom is 0.416 e. The van der Waals surface area contributed by atoms with Gasteiger partial charge in [0.1, 0.15) is 12.3 Å². The van der Waals surface area contributed by atoms with Crippen LogP contribution in [-0.2, 0) is 35.0 Å². The molecule has 8 heteroatoms. The Morgan fingerprint density at radius 1 is 1.27 bits per heavy atom. The number of carboxylic acids is 1. The van der Waals surface area contributed by atoms with Gasteiger partial charge < -0.3 is 14.2 Å². The number of carboxylic acid groups (broad SMARTS) is 1. The standard InChI is InChI=1S/C22H20F3NO3S/c1-30(29)14-10-9-13(17(12-14)22(23,24)25)11-16-15-5-2-3-6-18(15)26-19(16)7-4-8-20(26)21(27)28/h2-3,5-6,9-10,12,20H,4,7-8,11H2,1H3,(H,27,28). The van der Waals surface area contributed by atoms with Crippen molar-refractivity contribution in [1.82, 2.24) is 4.57 Å². The van der Waals surface area contributed by atoms with Crippen LogP contribution >= 0.6 is 0 Å². The monoisotopic (exact) mass is 435 g/mol. The highest BCUT2D eigenvalue weighted by Gasteiger charge is 2.36. The van der Waals surface area contributed by atoms with Crippen LogP contribution in [0.1, 0.15) is 41.3 Å². The van der Waals surface area contributed by atoms with Crippen LogP contribution in [0.5, 0.6) is 0 Å². The van der Waals surface area contributed by atoms with Crippen LogP contribution in [0.15, 0.2) is 47.4 Å². The smallest absolute Gasteiger partial charge is 0.416 e. The topological polar surface area (TPSA) is 65.3 Å². The number of aromatic nitrogens is 1. The number of para-hydroxylation sites is 1. The predicted molar refractivity (Wildman–Crippen MR) is 108 cm³/mol. The van der Waals surface area contributed by atoms with Crippen LogP contribution in [0.4, 0.5) is 13.2 Å². The second-order valence-corrected chi connectivity index (χ2v) is 8.89. The van der Waals surface area contributed by atoms with Gasteiger partial charge in [0.2, 0.25) is 0 Å². The van der Waals surface area contributed by atoms with Gasteiger partial charge in [-0.2, -0.15) is 13.2 Å². The average Bonchev–Trinajstić information content (AvgIpc) is 3.01. The molecule has 4 rings (SSSR count). The highest BCUT2D eigenvalue weighted by atomic mass is 32.2. The Kier molecular flexibility index (Phi) is 5.32. The number of nitrogens with zero attached hydrogens (tertiary/aromatic N) is 1. The van der Waals surface area contributed by atoms with Crippen molar-refractivity contribution >= 4 is 28.0 Å². The van der Waals surface area contributed by atoms with E-state index in [0.717, 1.165) is 28.2 Å². The third-order valence-corrected chi connectivity index (χ3v) is 6.62. The fraction of sp³-hybridized carbons (Fsp3) is 0.318. The lowest BCUT2D eigenvalue weighted by Gasteiger charge is -2.24. The number of benzene rings is 2. The summed E-state index contributed by atoms with van der Waals surface area (Å²) in [4.78, 5) is 11.9. The van der Waals surface area contributed by atoms with Crippen LogP contribution in [0.2, 0.25) is 0 Å². The van der Waals surface area contributed by atoms with Crippen molar-refractivity contribution in [2.75, 3.05) is 6.26 Å². The van der Waals surface area contributed by atoms with Crippen LogP contribution < -0.4 is 0 Å². The summed E-state index contributed by atoms with van der Waals surface area (Å²) in [6.45, 7) is 0. The molecule has 0 radical (unpaired) electrons. The number of halogens is 3. The molecule has 0 saturated heterocycles. The van der Waals surface area contributed by atoms with Gasteiger partial charge in [-0.25, -0.2) is 4.79 Å². The van der Waals surface area contributed by atoms with E-state index in [1.807, 2.05) is 18.2 Å². The van der Waals surface area contributed by atoms with E-state index < -0.39 is 34.9 Å². The molecule has 1 aromatic heterocycles. The van der Waals surface area contributed by atoms with Gasteiger partial charge in [0.15, 0.2) is 4.90 Å². The average molecular weight is 435 g/mol. The summed E-state index contributed by atoms with van der Waals surface area (Å²) in [5.74, 6) is -0.936. The molecule has 3 aromatic rings. The Bertz CT molecular complexity index is 1120. The predicted octanol–water partition coefficient (Wildman–Crippen LogP) is 4.95. The number of aliphatic carboxylic acids is 1. The lowest BCUT2D eigenvalue weighted by Crippen LogP contribution is -2.25. The second-order valence-electron chi connectivity index (χ2n) is 7.51. The van der Waals surface area contributed by atoms with E-state index in [4.69, 9.17) is 0 Å². The maximum absolute atomic E-state index is 13.8. The molecule has 1 aliphatic heterocycles. The summed E-state index contributed by atoms with van der Waals surface area (Å²) >= 11 is -1.52. The summed E-state index contributed by atoms with van der Waals surface area (Å²) in [6.07, 6.45) is -1.43. The van der Waals surface area contributed by atoms with Gasteiger partial charge in [0.05, 0.1) is 5.56 Å². The largest absolute Gasteiger partial charge is 0.612 e. The van der Waals surface area contributed by atoms with E-state index in [2.05, 4.69) is 0 Å². The molecule has 0 fully saturated rings. The normalized spacial score (nSPS) is 17.7. The molecule has 0 bridgehead atoms. The number of carbonyl (C=O) groups is 1. The highest BCUT2D eigenvalue weighted by molar-refractivity contribution is 7.90. The molecule has 2 heterocycles. The van der Waals surface area contributed by atoms with Crippen LogP contribution in [0, 0.1) is 0 Å². The summed E-state index contributed by atoms with van der Waals surface area (Å²) in [5.41, 5.74) is 1.53. The van der Waals surface area contributed by atoms with E-state index in [0.29, 0.717) is 19.3 Å². The first-order valence-electron chi connectivity index (χ1n) is 9.55. The first-order valence-corrected chi connectivity index (χ1v) is 11.1. The minimum Gasteiger partial charge on any atom is -0.612 e. The lowest BCUT2D eigenvalue weighted by molar-refractivity contribution is -0.141. The van der Waals surface area contributed by atoms with E-state index in [1.165, 1.54) is 18.4 Å². The summed E-state index contributed by atoms with van der Waals surface area (Å²) in [6, 6.07) is 10.3. The highest BCUT2D eigenvalue weighted by Crippen LogP contribution is 2.40. The Balaban J connectivity index is 1.90. The Hall–Kier alpha value is -2.45. The van der Waals surface area contributed by atoms with Gasteiger partial charge in [0, 0.05) is 29.1 Å². The Morgan fingerprint density at radius 2 is 2.00 bits per heavy atom. The molecule has 0 aliphatic carbocycles. The van der Waals surface area contributed by atoms with Crippen molar-refractivity contribution in [2.45, 2.75) is 42.8 Å². The van der Waals surface area contributed by atoms with Crippen LogP contribution in [-0.4, -0.2) is 26.5 Å². The molecule has 2 aromatic carbocycles. The SMILES string of the molecule is C[S+]([O-])c1ccc(Cc2c3n(c4ccccc24)C(C(=O)O)CCC3)c(C(F)(F)F)c1. The molecule has 2 unspecified atom stereocenters. The van der Waals surface area contributed by atoms with Crippen molar-refractivity contribution in [3.63, 3.8) is 0 Å². The number of fused-ring (bicyclic) bond motifs is 3. The molecule has 0 spiro atoms. The lowest BCUT2D eigenvalue weighted by atomic mass is 9.94. The molecule has 1 N–H and O–H groups in total. The molecule has 30 heavy (non-hydrogen) atoms. The number of hydrogen-bond acceptors (Lipinski definition) is 2. The van der Waals surface area contributed by atoms with E-state index in [-0.39, 0.29) is 16.9 Å². The third kappa shape index (κ3) is 3.58. The third-order valence-electron chi connectivity index (χ3n) is 5.70. The van der Waals surface area contributed by atoms with Crippen molar-refractivity contribution in [3.05, 3.63) is 64.8 Å². The van der Waals surface area contributed by atoms with Crippen LogP contribution in [0.3, 0.4) is 0 Å². The summed E-state index contributed by atoms with van der Waals surface area (Å²) in [5, 5.41) is 10.5. The summed E-state index contributed by atoms with van der Waals surface area (Å²) < 4.78 is 54.8. The van der Waals surface area contributed by atoms with E-state index in [1.54, 1.807) is 10.6 Å². The van der Waals surface area contributed by atoms with E-state index >= 15 is 0 Å². The molecular formula is C22H20F3NO3S. The van der Waals surface area contributed by atoms with Gasteiger partial charge in [0.25, 0.3) is 0 Å². The molecule has 0 saturated carbocycles. The van der Waals surface area contributed by atoms with Crippen LogP contribution in [0.25, 0.3) is 10.9 Å². The maximum atomic E-state index is 13.8. The van der Waals surface area contributed by atoms with Gasteiger partial charge in [-0.05, 0) is 53.7 Å². The molecule has 1 aliphatic rings. The van der Waals surface area contributed by atoms with Gasteiger partial charge in [-0.1, -0.05) is 24.3 Å². The van der Waals surface area contributed by atoms with Crippen molar-refractivity contribution in [2.24, 2.45) is 0 Å². The molecular weight excluding hydrogens is 415 g/mol. The zero-order chi connectivity index (χ0) is 21.6. The first-order chi connectivity index (χ1) is 14.2. The number of rotatable bonds is 4. The molecule has 2 atom stereocenters. The van der Waals surface area contributed by atoms with Crippen molar-refractivity contribution < 1.29 is 27.6 Å². The fourth-order valence-corrected chi connectivity index (χ4v) is 4.92. The van der Waals surface area contributed by atoms with Gasteiger partial charge in [-0.3, -0.25) is 0 Å². The van der Waals surface area contributed by atoms with E-state index in [9.17, 15) is 27.6 Å². The number of hydrogen-bond donors (Lipinski definition) is 1. The second kappa shape index (κ2) is 7.67.